The Balaban J connectivity index is 0.00000112. The summed E-state index contributed by atoms with van der Waals surface area (Å²) in [5.41, 5.74) is 4.77. The zero-order valence-corrected chi connectivity index (χ0v) is 17.7. The van der Waals surface area contributed by atoms with Crippen LogP contribution in [0.4, 0.5) is 0 Å². The Morgan fingerprint density at radius 2 is 1.75 bits per heavy atom. The topological polar surface area (TPSA) is 0 Å². The number of halogens is 2. The van der Waals surface area contributed by atoms with Gasteiger partial charge in [-0.15, -0.1) is 0 Å². The summed E-state index contributed by atoms with van der Waals surface area (Å²) in [4.78, 5) is 0. The Morgan fingerprint density at radius 3 is 2.38 bits per heavy atom. The van der Waals surface area contributed by atoms with Gasteiger partial charge in [-0.2, -0.15) is 0 Å². The predicted molar refractivity (Wildman–Crippen MR) is 61.7 cm³/mol. The first-order valence-electron chi connectivity index (χ1n) is 5.21. The quantitative estimate of drug-likeness (QED) is 0.285. The fourth-order valence-corrected chi connectivity index (χ4v) is 12.2. The zero-order valence-electron chi connectivity index (χ0n) is 9.80. The average molecular weight is 533 g/mol. The van der Waals surface area contributed by atoms with Crippen LogP contribution in [0.1, 0.15) is 21.7 Å². The normalized spacial score (nSPS) is 16.8. The number of allylic oxidation sites excluding steroid dienone is 1. The second-order valence-corrected chi connectivity index (χ2v) is 19.3. The summed E-state index contributed by atoms with van der Waals surface area (Å²) in [6, 6.07) is 8.95. The number of fused-ring (bicyclic) bond motifs is 1. The third-order valence-corrected chi connectivity index (χ3v) is 12.9. The Bertz CT molecular complexity index is 377. The van der Waals surface area contributed by atoms with E-state index in [1.807, 2.05) is 0 Å². The van der Waals surface area contributed by atoms with Crippen LogP contribution in [0.3, 0.4) is 0 Å². The first-order valence-corrected chi connectivity index (χ1v) is 13.8. The van der Waals surface area contributed by atoms with Crippen LogP contribution in [0.2, 0.25) is 13.1 Å². The van der Waals surface area contributed by atoms with Crippen LogP contribution in [0.25, 0.3) is 6.08 Å². The van der Waals surface area contributed by atoms with E-state index in [2.05, 4.69) is 50.4 Å². The molecule has 0 N–H and O–H groups in total. The van der Waals surface area contributed by atoms with Gasteiger partial charge in [0.25, 0.3) is 0 Å². The van der Waals surface area contributed by atoms with E-state index >= 15 is 0 Å². The fourth-order valence-electron chi connectivity index (χ4n) is 2.03. The number of hydrogen-bond donors (Lipinski definition) is 0. The molecule has 0 aromatic heterocycles. The number of hydrogen-bond acceptors (Lipinski definition) is 0. The van der Waals surface area contributed by atoms with E-state index in [9.17, 15) is 0 Å². The van der Waals surface area contributed by atoms with E-state index in [0.29, 0.717) is 0 Å². The molecule has 1 unspecified atom stereocenters. The van der Waals surface area contributed by atoms with Crippen molar-refractivity contribution in [3.8, 4) is 0 Å². The first-order chi connectivity index (χ1) is 6.68. The van der Waals surface area contributed by atoms with Gasteiger partial charge in [0.05, 0.1) is 0 Å². The van der Waals surface area contributed by atoms with Gasteiger partial charge >= 0.3 is 99.0 Å². The molecular formula is C12H16I2SiZr. The minimum Gasteiger partial charge on any atom is -1.00 e. The molecule has 0 aliphatic heterocycles. The third-order valence-electron chi connectivity index (χ3n) is 2.65. The summed E-state index contributed by atoms with van der Waals surface area (Å²) in [5, 5.41) is 0. The Labute approximate surface area is 145 Å². The van der Waals surface area contributed by atoms with Crippen molar-refractivity contribution in [1.29, 1.82) is 0 Å². The van der Waals surface area contributed by atoms with Gasteiger partial charge in [-0.3, -0.25) is 0 Å². The minimum atomic E-state index is -0.292. The summed E-state index contributed by atoms with van der Waals surface area (Å²) in [6.07, 6.45) is 2.40. The molecule has 1 aliphatic rings. The van der Waals surface area contributed by atoms with Gasteiger partial charge in [-0.05, 0) is 0 Å². The molecule has 1 aliphatic carbocycles. The molecule has 1 aromatic rings. The molecule has 86 valence electrons. The molecular weight excluding hydrogens is 517 g/mol. The molecule has 0 radical (unpaired) electrons. The summed E-state index contributed by atoms with van der Waals surface area (Å²) in [5.74, 6) is -0.292. The maximum absolute atomic E-state index is 2.51. The number of benzene rings is 1. The van der Waals surface area contributed by atoms with Crippen molar-refractivity contribution in [2.75, 3.05) is 0 Å². The third kappa shape index (κ3) is 4.02. The fraction of sp³-hybridized carbons (Fsp3) is 0.333. The molecule has 0 bridgehead atoms. The van der Waals surface area contributed by atoms with Crippen LogP contribution >= 0.6 is 0 Å². The van der Waals surface area contributed by atoms with Gasteiger partial charge < -0.3 is 48.0 Å². The zero-order chi connectivity index (χ0) is 10.1. The van der Waals surface area contributed by atoms with Gasteiger partial charge in [0, 0.05) is 0 Å². The van der Waals surface area contributed by atoms with Crippen LogP contribution in [-0.2, 0) is 22.4 Å². The van der Waals surface area contributed by atoms with Crippen molar-refractivity contribution >= 4 is 12.0 Å². The Morgan fingerprint density at radius 1 is 1.12 bits per heavy atom. The van der Waals surface area contributed by atoms with E-state index in [0.717, 1.165) is 3.63 Å². The van der Waals surface area contributed by atoms with Gasteiger partial charge in [-0.25, -0.2) is 0 Å². The predicted octanol–water partition coefficient (Wildman–Crippen LogP) is -2.78. The van der Waals surface area contributed by atoms with Crippen LogP contribution in [0.5, 0.6) is 0 Å². The molecule has 0 saturated heterocycles. The summed E-state index contributed by atoms with van der Waals surface area (Å²) in [7, 11) is 0. The monoisotopic (exact) mass is 532 g/mol. The molecule has 2 rings (SSSR count). The Hall–Kier alpha value is 1.52. The van der Waals surface area contributed by atoms with Crippen LogP contribution in [-0.4, -0.2) is 5.92 Å². The van der Waals surface area contributed by atoms with E-state index in [4.69, 9.17) is 0 Å². The minimum absolute atomic E-state index is 0. The van der Waals surface area contributed by atoms with Gasteiger partial charge in [0.15, 0.2) is 0 Å². The van der Waals surface area contributed by atoms with Crippen LogP contribution in [0, 0.1) is 0 Å². The van der Waals surface area contributed by atoms with E-state index in [1.54, 1.807) is 11.1 Å². The second-order valence-electron chi connectivity index (χ2n) is 4.27. The molecule has 0 heterocycles. The average Bonchev–Trinajstić information content (AvgIpc) is 2.43. The molecule has 1 atom stereocenters. The van der Waals surface area contributed by atoms with E-state index < -0.39 is 0 Å². The van der Waals surface area contributed by atoms with Crippen molar-refractivity contribution in [3.05, 3.63) is 41.0 Å². The van der Waals surface area contributed by atoms with Crippen LogP contribution < -0.4 is 48.0 Å². The van der Waals surface area contributed by atoms with Crippen molar-refractivity contribution in [3.63, 3.8) is 0 Å². The van der Waals surface area contributed by atoms with Gasteiger partial charge in [-0.1, -0.05) is 0 Å². The van der Waals surface area contributed by atoms with Crippen molar-refractivity contribution < 1.29 is 70.3 Å². The van der Waals surface area contributed by atoms with Crippen molar-refractivity contribution in [2.45, 2.75) is 23.6 Å². The summed E-state index contributed by atoms with van der Waals surface area (Å²) in [6.45, 7) is 7.35. The molecule has 4 heteroatoms. The SMILES string of the molecule is CC1=Cc2ccccc2[CH]1[Zr+2][SiH](C)C.[I-].[I-]. The molecule has 0 saturated carbocycles. The smallest absolute Gasteiger partial charge is 1.00 e. The summed E-state index contributed by atoms with van der Waals surface area (Å²) >= 11 is -0.149. The molecule has 1 aromatic carbocycles. The largest absolute Gasteiger partial charge is 1.00 e. The molecule has 0 nitrogen and oxygen atoms in total. The Kier molecular flexibility index (Phi) is 8.59. The maximum Gasteiger partial charge on any atom is -1.00 e. The molecule has 0 spiro atoms. The van der Waals surface area contributed by atoms with Crippen molar-refractivity contribution in [2.24, 2.45) is 0 Å². The number of rotatable bonds is 2. The van der Waals surface area contributed by atoms with E-state index in [-0.39, 0.29) is 76.3 Å². The first kappa shape index (κ1) is 17.5. The summed E-state index contributed by atoms with van der Waals surface area (Å²) < 4.78 is 0.904. The standard InChI is InChI=1S/C10H9.C2H7Si.2HI.Zr/c1-8-6-9-4-2-3-5-10(9)7-8;1-3-2;;;/h2-7H,1H3;3H,1-2H3;2*1H;/q;;;;+2/p-2. The molecule has 0 fully saturated rings. The van der Waals surface area contributed by atoms with Crippen molar-refractivity contribution in [1.82, 2.24) is 0 Å². The maximum atomic E-state index is 2.51. The van der Waals surface area contributed by atoms with Crippen LogP contribution in [0.15, 0.2) is 29.8 Å². The van der Waals surface area contributed by atoms with E-state index in [1.165, 1.54) is 5.56 Å². The van der Waals surface area contributed by atoms with Gasteiger partial charge in [0.1, 0.15) is 0 Å². The van der Waals surface area contributed by atoms with Gasteiger partial charge in [0.2, 0.25) is 0 Å². The molecule has 0 amide bonds. The second kappa shape index (κ2) is 7.85. The molecule has 16 heavy (non-hydrogen) atoms.